The molecule has 1 fully saturated rings. The molecule has 1 saturated heterocycles. The average molecular weight is 369 g/mol. The Bertz CT molecular complexity index is 1010. The van der Waals surface area contributed by atoms with Crippen molar-refractivity contribution in [3.63, 3.8) is 0 Å². The van der Waals surface area contributed by atoms with E-state index in [1.807, 2.05) is 0 Å². The molecule has 0 unspecified atom stereocenters. The summed E-state index contributed by atoms with van der Waals surface area (Å²) in [4.78, 5) is 21.9. The van der Waals surface area contributed by atoms with Crippen molar-refractivity contribution in [3.8, 4) is 5.75 Å². The molecule has 9 nitrogen and oxygen atoms in total. The van der Waals surface area contributed by atoms with Gasteiger partial charge in [0.25, 0.3) is 5.91 Å². The Morgan fingerprint density at radius 2 is 2.08 bits per heavy atom. The average Bonchev–Trinajstić information content (AvgIpc) is 2.78. The minimum atomic E-state index is -4.29. The number of hydrogen-bond donors (Lipinski definition) is 4. The lowest BCUT2D eigenvalue weighted by molar-refractivity contribution is -0.135. The number of benzene rings is 2. The first-order valence-corrected chi connectivity index (χ1v) is 8.37. The topological polar surface area (TPSA) is 136 Å². The van der Waals surface area contributed by atoms with Crippen LogP contribution in [0, 0.1) is 5.82 Å². The van der Waals surface area contributed by atoms with Gasteiger partial charge in [0.2, 0.25) is 0 Å². The molecule has 0 bridgehead atoms. The van der Waals surface area contributed by atoms with Crippen LogP contribution in [0.2, 0.25) is 0 Å². The number of carbonyl (C=O) groups excluding carboxylic acids is 1. The number of nitrogens with zero attached hydrogens (tertiary/aromatic N) is 1. The van der Waals surface area contributed by atoms with Crippen LogP contribution in [0.15, 0.2) is 24.3 Å². The number of nitrogens with one attached hydrogen (secondary N) is 2. The Kier molecular flexibility index (Phi) is 3.87. The molecule has 1 amide bonds. The molecule has 0 aromatic heterocycles. The lowest BCUT2D eigenvalue weighted by atomic mass is 10.1. The van der Waals surface area contributed by atoms with E-state index in [0.29, 0.717) is 9.99 Å². The number of fused-ring (bicyclic) bond motifs is 1. The number of carbonyl (C=O) groups is 2. The van der Waals surface area contributed by atoms with Gasteiger partial charge in [0.15, 0.2) is 5.82 Å². The van der Waals surface area contributed by atoms with Gasteiger partial charge >= 0.3 is 16.2 Å². The summed E-state index contributed by atoms with van der Waals surface area (Å²) < 4.78 is 40.8. The second kappa shape index (κ2) is 5.77. The van der Waals surface area contributed by atoms with Crippen LogP contribution in [-0.2, 0) is 19.8 Å². The molecule has 2 aromatic rings. The fraction of sp³-hybridized carbons (Fsp3) is 0.143. The maximum Gasteiger partial charge on any atom is 0.326 e. The second-order valence-corrected chi connectivity index (χ2v) is 6.87. The molecule has 3 rings (SSSR count). The summed E-state index contributed by atoms with van der Waals surface area (Å²) in [5.74, 6) is -3.65. The van der Waals surface area contributed by atoms with Crippen molar-refractivity contribution in [2.45, 2.75) is 0 Å². The first-order valence-electron chi connectivity index (χ1n) is 6.93. The van der Waals surface area contributed by atoms with E-state index in [0.717, 1.165) is 6.07 Å². The minimum Gasteiger partial charge on any atom is -0.506 e. The van der Waals surface area contributed by atoms with Crippen LogP contribution in [0.25, 0.3) is 10.8 Å². The standard InChI is InChI=1S/C14H12FN3O6S/c15-13-9-4-8(16-5-12(21)22)2-1-7(9)3-10(19)14(13)18-6-11(20)17-25(18,23)24/h1-4,16,19H,5-6H2,(H,17,20)(H,21,22). The smallest absolute Gasteiger partial charge is 0.326 e. The number of halogens is 1. The Labute approximate surface area is 140 Å². The summed E-state index contributed by atoms with van der Waals surface area (Å²) >= 11 is 0. The van der Waals surface area contributed by atoms with Crippen molar-refractivity contribution in [2.75, 3.05) is 22.7 Å². The molecule has 0 atom stereocenters. The Morgan fingerprint density at radius 3 is 2.68 bits per heavy atom. The zero-order chi connectivity index (χ0) is 18.4. The Morgan fingerprint density at radius 1 is 1.36 bits per heavy atom. The quantitative estimate of drug-likeness (QED) is 0.611. The summed E-state index contributed by atoms with van der Waals surface area (Å²) in [7, 11) is -4.29. The number of carboxylic acid groups (broad SMARTS) is 1. The number of hydrogen-bond acceptors (Lipinski definition) is 6. The van der Waals surface area contributed by atoms with Crippen molar-refractivity contribution in [1.29, 1.82) is 0 Å². The number of aliphatic carboxylic acids is 1. The summed E-state index contributed by atoms with van der Waals surface area (Å²) in [6.07, 6.45) is 0. The highest BCUT2D eigenvalue weighted by Gasteiger charge is 2.37. The van der Waals surface area contributed by atoms with Crippen molar-refractivity contribution in [1.82, 2.24) is 4.72 Å². The molecule has 0 radical (unpaired) electrons. The minimum absolute atomic E-state index is 0.0438. The third kappa shape index (κ3) is 3.01. The Balaban J connectivity index is 2.13. The number of phenolic OH excluding ortho intramolecular Hbond substituents is 1. The number of phenols is 1. The highest BCUT2D eigenvalue weighted by Crippen LogP contribution is 2.38. The summed E-state index contributed by atoms with van der Waals surface area (Å²) in [6.45, 7) is -1.05. The molecule has 1 heterocycles. The monoisotopic (exact) mass is 369 g/mol. The van der Waals surface area contributed by atoms with Crippen molar-refractivity contribution in [2.24, 2.45) is 0 Å². The maximum absolute atomic E-state index is 14.9. The van der Waals surface area contributed by atoms with E-state index < -0.39 is 52.4 Å². The lowest BCUT2D eigenvalue weighted by Crippen LogP contribution is -2.30. The van der Waals surface area contributed by atoms with Gasteiger partial charge in [-0.05, 0) is 23.6 Å². The van der Waals surface area contributed by atoms with Gasteiger partial charge in [-0.1, -0.05) is 6.07 Å². The molecular weight excluding hydrogens is 357 g/mol. The van der Waals surface area contributed by atoms with Gasteiger partial charge in [0.05, 0.1) is 0 Å². The third-order valence-electron chi connectivity index (χ3n) is 3.55. The number of anilines is 2. The highest BCUT2D eigenvalue weighted by atomic mass is 32.2. The van der Waals surface area contributed by atoms with E-state index in [9.17, 15) is 27.5 Å². The molecule has 0 spiro atoms. The van der Waals surface area contributed by atoms with E-state index in [4.69, 9.17) is 5.11 Å². The van der Waals surface area contributed by atoms with Gasteiger partial charge in [0, 0.05) is 11.1 Å². The van der Waals surface area contributed by atoms with E-state index in [1.54, 1.807) is 4.72 Å². The first kappa shape index (κ1) is 16.8. The normalized spacial score (nSPS) is 16.0. The van der Waals surface area contributed by atoms with E-state index in [1.165, 1.54) is 18.2 Å². The van der Waals surface area contributed by atoms with Crippen LogP contribution in [0.4, 0.5) is 15.8 Å². The van der Waals surface area contributed by atoms with Gasteiger partial charge in [-0.3, -0.25) is 9.59 Å². The molecular formula is C14H12FN3O6S. The zero-order valence-electron chi connectivity index (χ0n) is 12.5. The molecule has 1 aliphatic rings. The van der Waals surface area contributed by atoms with Gasteiger partial charge in [-0.2, -0.15) is 8.42 Å². The molecule has 4 N–H and O–H groups in total. The van der Waals surface area contributed by atoms with Crippen LogP contribution in [0.5, 0.6) is 5.75 Å². The van der Waals surface area contributed by atoms with Crippen LogP contribution in [-0.4, -0.2) is 43.6 Å². The predicted molar refractivity (Wildman–Crippen MR) is 86.1 cm³/mol. The summed E-state index contributed by atoms with van der Waals surface area (Å²) in [5, 5.41) is 21.5. The third-order valence-corrected chi connectivity index (χ3v) is 4.92. The number of amides is 1. The fourth-order valence-corrected chi connectivity index (χ4v) is 3.66. The van der Waals surface area contributed by atoms with Gasteiger partial charge < -0.3 is 15.5 Å². The molecule has 0 aliphatic carbocycles. The maximum atomic E-state index is 14.9. The zero-order valence-corrected chi connectivity index (χ0v) is 13.3. The molecule has 132 valence electrons. The van der Waals surface area contributed by atoms with Crippen molar-refractivity contribution < 1.29 is 32.6 Å². The van der Waals surface area contributed by atoms with E-state index in [2.05, 4.69) is 5.32 Å². The van der Waals surface area contributed by atoms with Crippen molar-refractivity contribution >= 4 is 44.2 Å². The second-order valence-electron chi connectivity index (χ2n) is 5.28. The highest BCUT2D eigenvalue weighted by molar-refractivity contribution is 7.92. The number of carboxylic acids is 1. The van der Waals surface area contributed by atoms with Crippen LogP contribution >= 0.6 is 0 Å². The summed E-state index contributed by atoms with van der Waals surface area (Å²) in [5.41, 5.74) is -0.356. The molecule has 0 saturated carbocycles. The van der Waals surface area contributed by atoms with Crippen LogP contribution < -0.4 is 14.3 Å². The lowest BCUT2D eigenvalue weighted by Gasteiger charge is -2.18. The largest absolute Gasteiger partial charge is 0.506 e. The van der Waals surface area contributed by atoms with E-state index >= 15 is 0 Å². The van der Waals surface area contributed by atoms with Crippen LogP contribution in [0.1, 0.15) is 0 Å². The predicted octanol–water partition coefficient (Wildman–Crippen LogP) is 0.362. The SMILES string of the molecule is O=C(O)CNc1ccc2cc(O)c(N3CC(=O)NS3(=O)=O)c(F)c2c1. The van der Waals surface area contributed by atoms with Crippen LogP contribution in [0.3, 0.4) is 0 Å². The van der Waals surface area contributed by atoms with Crippen molar-refractivity contribution in [3.05, 3.63) is 30.1 Å². The summed E-state index contributed by atoms with van der Waals surface area (Å²) in [6, 6.07) is 5.37. The fourth-order valence-electron chi connectivity index (χ4n) is 2.50. The van der Waals surface area contributed by atoms with Gasteiger partial charge in [0.1, 0.15) is 24.5 Å². The molecule has 2 aromatic carbocycles. The molecule has 1 aliphatic heterocycles. The van der Waals surface area contributed by atoms with Gasteiger partial charge in [-0.15, -0.1) is 0 Å². The number of rotatable bonds is 4. The Hall–Kier alpha value is -3.08. The first-order chi connectivity index (χ1) is 11.7. The molecule has 11 heteroatoms. The number of aromatic hydroxyl groups is 1. The van der Waals surface area contributed by atoms with E-state index in [-0.39, 0.29) is 10.8 Å². The molecule has 25 heavy (non-hydrogen) atoms. The van der Waals surface area contributed by atoms with Gasteiger partial charge in [-0.25, -0.2) is 13.4 Å².